The summed E-state index contributed by atoms with van der Waals surface area (Å²) in [5.41, 5.74) is 4.96. The number of hydrogen-bond acceptors (Lipinski definition) is 6. The number of benzene rings is 2. The third kappa shape index (κ3) is 6.47. The molecule has 0 amide bonds. The van der Waals surface area contributed by atoms with E-state index in [0.29, 0.717) is 44.4 Å². The average molecular weight is 492 g/mol. The number of esters is 1. The average Bonchev–Trinajstić information content (AvgIpc) is 3.02. The summed E-state index contributed by atoms with van der Waals surface area (Å²) >= 11 is 0. The van der Waals surface area contributed by atoms with Gasteiger partial charge in [0.2, 0.25) is 0 Å². The SMILES string of the molecule is CCOC(=O)CC1Cc2ccc(OCCCNc3cc(OCC)cc[n+]3O)cc2Cc2ccccc21. The van der Waals surface area contributed by atoms with Gasteiger partial charge in [-0.25, -0.2) is 0 Å². The molecule has 0 fully saturated rings. The van der Waals surface area contributed by atoms with Crippen molar-refractivity contribution in [2.75, 3.05) is 31.7 Å². The molecule has 0 saturated carbocycles. The Morgan fingerprint density at radius 3 is 2.67 bits per heavy atom. The number of carbonyl (C=O) groups is 1. The van der Waals surface area contributed by atoms with Crippen LogP contribution in [0.5, 0.6) is 11.5 Å². The Hall–Kier alpha value is -3.74. The summed E-state index contributed by atoms with van der Waals surface area (Å²) in [5, 5.41) is 13.2. The fraction of sp³-hybridized carbons (Fsp3) is 0.379. The van der Waals surface area contributed by atoms with Crippen molar-refractivity contribution in [3.05, 3.63) is 83.0 Å². The van der Waals surface area contributed by atoms with Gasteiger partial charge in [-0.2, -0.15) is 0 Å². The number of nitrogens with one attached hydrogen (secondary N) is 1. The number of anilines is 1. The molecule has 0 aliphatic heterocycles. The van der Waals surface area contributed by atoms with Gasteiger partial charge in [0.25, 0.3) is 0 Å². The standard InChI is InChI=1S/C29H34N2O5/c1-3-34-26-12-14-31(33)28(20-26)30-13-7-15-36-25-11-10-21-16-24(19-29(32)35-4-2)27-9-6-5-8-22(27)17-23(21)18-25/h5-6,8-12,14,18,20,24,33H,3-4,7,13,15-17,19H2,1-2H3/p+1. The van der Waals surface area contributed by atoms with Crippen molar-refractivity contribution in [2.24, 2.45) is 0 Å². The number of pyridine rings is 1. The van der Waals surface area contributed by atoms with E-state index in [4.69, 9.17) is 14.2 Å². The lowest BCUT2D eigenvalue weighted by molar-refractivity contribution is -0.893. The molecule has 1 atom stereocenters. The molecule has 7 heteroatoms. The van der Waals surface area contributed by atoms with E-state index in [1.807, 2.05) is 26.0 Å². The first-order valence-corrected chi connectivity index (χ1v) is 12.7. The summed E-state index contributed by atoms with van der Waals surface area (Å²) in [4.78, 5) is 12.3. The molecule has 36 heavy (non-hydrogen) atoms. The Balaban J connectivity index is 1.36. The highest BCUT2D eigenvalue weighted by atomic mass is 16.5. The van der Waals surface area contributed by atoms with Crippen molar-refractivity contribution in [3.63, 3.8) is 0 Å². The van der Waals surface area contributed by atoms with Crippen LogP contribution in [0.1, 0.15) is 54.9 Å². The fourth-order valence-electron chi connectivity index (χ4n) is 4.67. The van der Waals surface area contributed by atoms with E-state index in [1.165, 1.54) is 22.3 Å². The monoisotopic (exact) mass is 491 g/mol. The first-order chi connectivity index (χ1) is 17.6. The van der Waals surface area contributed by atoms with Crippen molar-refractivity contribution >= 4 is 11.8 Å². The van der Waals surface area contributed by atoms with E-state index in [0.717, 1.165) is 29.7 Å². The van der Waals surface area contributed by atoms with Crippen molar-refractivity contribution in [1.29, 1.82) is 0 Å². The molecule has 1 unspecified atom stereocenters. The van der Waals surface area contributed by atoms with E-state index in [9.17, 15) is 10.0 Å². The van der Waals surface area contributed by atoms with Crippen LogP contribution in [0.15, 0.2) is 60.8 Å². The predicted molar refractivity (Wildman–Crippen MR) is 137 cm³/mol. The summed E-state index contributed by atoms with van der Waals surface area (Å²) in [6, 6.07) is 18.1. The minimum absolute atomic E-state index is 0.106. The Labute approximate surface area is 212 Å². The van der Waals surface area contributed by atoms with Crippen LogP contribution in [0.25, 0.3) is 0 Å². The molecule has 0 spiro atoms. The van der Waals surface area contributed by atoms with Crippen molar-refractivity contribution < 1.29 is 28.9 Å². The van der Waals surface area contributed by atoms with Gasteiger partial charge in [-0.3, -0.25) is 10.1 Å². The fourth-order valence-corrected chi connectivity index (χ4v) is 4.67. The van der Waals surface area contributed by atoms with Crippen molar-refractivity contribution in [1.82, 2.24) is 0 Å². The molecule has 2 N–H and O–H groups in total. The summed E-state index contributed by atoms with van der Waals surface area (Å²) in [7, 11) is 0. The van der Waals surface area contributed by atoms with Crippen molar-refractivity contribution in [3.8, 4) is 11.5 Å². The number of fused-ring (bicyclic) bond motifs is 2. The summed E-state index contributed by atoms with van der Waals surface area (Å²) in [6.07, 6.45) is 4.32. The van der Waals surface area contributed by atoms with Gasteiger partial charge in [-0.1, -0.05) is 35.1 Å². The second kappa shape index (κ2) is 12.3. The van der Waals surface area contributed by atoms with E-state index >= 15 is 0 Å². The van der Waals surface area contributed by atoms with Crippen LogP contribution in [-0.2, 0) is 22.4 Å². The normalized spacial score (nSPS) is 14.2. The quantitative estimate of drug-likeness (QED) is 0.176. The molecule has 0 saturated heterocycles. The zero-order valence-electron chi connectivity index (χ0n) is 21.0. The minimum atomic E-state index is -0.148. The van der Waals surface area contributed by atoms with Gasteiger partial charge >= 0.3 is 11.8 Å². The van der Waals surface area contributed by atoms with Crippen LogP contribution >= 0.6 is 0 Å². The smallest absolute Gasteiger partial charge is 0.317 e. The van der Waals surface area contributed by atoms with Crippen LogP contribution in [0.3, 0.4) is 0 Å². The largest absolute Gasteiger partial charge is 0.493 e. The molecule has 1 aliphatic carbocycles. The molecule has 2 aromatic carbocycles. The van der Waals surface area contributed by atoms with Gasteiger partial charge < -0.3 is 19.4 Å². The topological polar surface area (TPSA) is 80.9 Å². The Morgan fingerprint density at radius 1 is 1.00 bits per heavy atom. The Kier molecular flexibility index (Phi) is 8.66. The number of carbonyl (C=O) groups excluding carboxylic acids is 1. The van der Waals surface area contributed by atoms with E-state index in [-0.39, 0.29) is 11.9 Å². The third-order valence-electron chi connectivity index (χ3n) is 6.35. The number of hydrogen-bond donors (Lipinski definition) is 2. The molecule has 3 aromatic rings. The molecule has 1 aromatic heterocycles. The lowest BCUT2D eigenvalue weighted by Gasteiger charge is -2.17. The number of rotatable bonds is 11. The second-order valence-corrected chi connectivity index (χ2v) is 8.87. The molecular weight excluding hydrogens is 456 g/mol. The maximum Gasteiger partial charge on any atom is 0.317 e. The van der Waals surface area contributed by atoms with Gasteiger partial charge in [-0.15, -0.1) is 0 Å². The zero-order valence-corrected chi connectivity index (χ0v) is 21.0. The molecule has 1 aliphatic rings. The molecule has 4 rings (SSSR count). The highest BCUT2D eigenvalue weighted by Gasteiger charge is 2.25. The lowest BCUT2D eigenvalue weighted by atomic mass is 9.89. The van der Waals surface area contributed by atoms with Gasteiger partial charge in [0.15, 0.2) is 0 Å². The molecule has 1 heterocycles. The Bertz CT molecular complexity index is 1180. The predicted octanol–water partition coefficient (Wildman–Crippen LogP) is 4.67. The highest BCUT2D eigenvalue weighted by Crippen LogP contribution is 2.35. The van der Waals surface area contributed by atoms with Gasteiger partial charge in [0.1, 0.15) is 17.7 Å². The molecule has 190 valence electrons. The van der Waals surface area contributed by atoms with Crippen molar-refractivity contribution in [2.45, 2.75) is 45.4 Å². The number of ether oxygens (including phenoxy) is 3. The van der Waals surface area contributed by atoms with Crippen LogP contribution in [0.4, 0.5) is 5.82 Å². The van der Waals surface area contributed by atoms with Crippen LogP contribution in [-0.4, -0.2) is 37.5 Å². The van der Waals surface area contributed by atoms with Crippen LogP contribution in [0, 0.1) is 0 Å². The third-order valence-corrected chi connectivity index (χ3v) is 6.35. The van der Waals surface area contributed by atoms with Gasteiger partial charge in [0, 0.05) is 12.5 Å². The lowest BCUT2D eigenvalue weighted by Crippen LogP contribution is -2.34. The number of aromatic nitrogens is 1. The highest BCUT2D eigenvalue weighted by molar-refractivity contribution is 5.71. The number of nitrogens with zero attached hydrogens (tertiary/aromatic N) is 1. The molecule has 7 nitrogen and oxygen atoms in total. The molecule has 0 bridgehead atoms. The van der Waals surface area contributed by atoms with E-state index in [1.54, 1.807) is 18.3 Å². The second-order valence-electron chi connectivity index (χ2n) is 8.87. The Morgan fingerprint density at radius 2 is 1.83 bits per heavy atom. The maximum absolute atomic E-state index is 12.3. The first kappa shape index (κ1) is 25.4. The van der Waals surface area contributed by atoms with Gasteiger partial charge in [0.05, 0.1) is 38.9 Å². The zero-order chi connectivity index (χ0) is 25.3. The van der Waals surface area contributed by atoms with Crippen LogP contribution < -0.4 is 19.5 Å². The van der Waals surface area contributed by atoms with E-state index in [2.05, 4.69) is 35.6 Å². The summed E-state index contributed by atoms with van der Waals surface area (Å²) < 4.78 is 17.8. The van der Waals surface area contributed by atoms with E-state index < -0.39 is 0 Å². The van der Waals surface area contributed by atoms with Crippen LogP contribution in [0.2, 0.25) is 0 Å². The molecule has 0 radical (unpaired) electrons. The first-order valence-electron chi connectivity index (χ1n) is 12.7. The summed E-state index contributed by atoms with van der Waals surface area (Å²) in [5.74, 6) is 2.07. The maximum atomic E-state index is 12.3. The summed E-state index contributed by atoms with van der Waals surface area (Å²) in [6.45, 7) is 5.93. The minimum Gasteiger partial charge on any atom is -0.493 e. The van der Waals surface area contributed by atoms with Gasteiger partial charge in [-0.05, 0) is 67.0 Å². The molecular formula is C29H35N2O5+.